The van der Waals surface area contributed by atoms with Gasteiger partial charge in [0.2, 0.25) is 11.8 Å². The Hall–Kier alpha value is -2.56. The molecule has 1 atom stereocenters. The molecule has 0 radical (unpaired) electrons. The van der Waals surface area contributed by atoms with Gasteiger partial charge in [-0.05, 0) is 36.0 Å². The van der Waals surface area contributed by atoms with Crippen molar-refractivity contribution in [3.63, 3.8) is 0 Å². The number of rotatable bonds is 6. The van der Waals surface area contributed by atoms with E-state index in [0.29, 0.717) is 25.4 Å². The topological polar surface area (TPSA) is 62.6 Å². The number of hydrogen-bond donors (Lipinski definition) is 1. The van der Waals surface area contributed by atoms with Crippen molar-refractivity contribution in [3.8, 4) is 11.3 Å². The van der Waals surface area contributed by atoms with Crippen LogP contribution < -0.4 is 5.32 Å². The minimum Gasteiger partial charge on any atom is -0.461 e. The number of anilines is 1. The largest absolute Gasteiger partial charge is 0.461 e. The van der Waals surface area contributed by atoms with Gasteiger partial charge < -0.3 is 14.6 Å². The number of fused-ring (bicyclic) bond motifs is 1. The fraction of sp³-hybridized carbons (Fsp3) is 0.538. The molecular weight excluding hydrogens is 388 g/mol. The Labute approximate surface area is 186 Å². The molecule has 1 aliphatic heterocycles. The van der Waals surface area contributed by atoms with Crippen LogP contribution in [0.25, 0.3) is 11.3 Å². The summed E-state index contributed by atoms with van der Waals surface area (Å²) in [5, 5.41) is 3.03. The van der Waals surface area contributed by atoms with Crippen molar-refractivity contribution in [3.05, 3.63) is 41.7 Å². The zero-order valence-electron chi connectivity index (χ0n) is 19.7. The molecule has 168 valence electrons. The van der Waals surface area contributed by atoms with Crippen LogP contribution in [-0.4, -0.2) is 23.3 Å². The first-order chi connectivity index (χ1) is 14.5. The SMILES string of the molecule is CC(C)C(=O)N1CCc2oc(-c3cccc(NC(=O)C[C@H](C)CC(C)(C)C)c3)cc2C1. The number of amides is 2. The minimum atomic E-state index is -0.000619. The van der Waals surface area contributed by atoms with E-state index in [2.05, 4.69) is 33.0 Å². The fourth-order valence-electron chi connectivity index (χ4n) is 4.42. The molecule has 0 bridgehead atoms. The van der Waals surface area contributed by atoms with Gasteiger partial charge in [0.25, 0.3) is 0 Å². The van der Waals surface area contributed by atoms with Crippen LogP contribution in [0.15, 0.2) is 34.7 Å². The van der Waals surface area contributed by atoms with Gasteiger partial charge in [0.15, 0.2) is 0 Å². The fourth-order valence-corrected chi connectivity index (χ4v) is 4.42. The number of nitrogens with zero attached hydrogens (tertiary/aromatic N) is 1. The molecule has 31 heavy (non-hydrogen) atoms. The first-order valence-electron chi connectivity index (χ1n) is 11.3. The lowest BCUT2D eigenvalue weighted by Gasteiger charge is -2.27. The molecule has 5 nitrogen and oxygen atoms in total. The summed E-state index contributed by atoms with van der Waals surface area (Å²) >= 11 is 0. The lowest BCUT2D eigenvalue weighted by Crippen LogP contribution is -2.37. The van der Waals surface area contributed by atoms with Gasteiger partial charge in [0.1, 0.15) is 11.5 Å². The highest BCUT2D eigenvalue weighted by molar-refractivity contribution is 5.91. The van der Waals surface area contributed by atoms with Crippen LogP contribution in [-0.2, 0) is 22.6 Å². The lowest BCUT2D eigenvalue weighted by atomic mass is 9.84. The highest BCUT2D eigenvalue weighted by Crippen LogP contribution is 2.31. The number of nitrogens with one attached hydrogen (secondary N) is 1. The average molecular weight is 425 g/mol. The van der Waals surface area contributed by atoms with E-state index < -0.39 is 0 Å². The van der Waals surface area contributed by atoms with Crippen LogP contribution in [0.4, 0.5) is 5.69 Å². The third-order valence-electron chi connectivity index (χ3n) is 5.60. The number of carbonyl (C=O) groups is 2. The van der Waals surface area contributed by atoms with Gasteiger partial charge in [-0.2, -0.15) is 0 Å². The first kappa shape index (κ1) is 23.1. The summed E-state index contributed by atoms with van der Waals surface area (Å²) in [7, 11) is 0. The maximum absolute atomic E-state index is 12.5. The van der Waals surface area contributed by atoms with Crippen molar-refractivity contribution in [2.24, 2.45) is 17.3 Å². The van der Waals surface area contributed by atoms with E-state index in [0.717, 1.165) is 41.2 Å². The second-order valence-electron chi connectivity index (χ2n) is 10.4. The number of hydrogen-bond acceptors (Lipinski definition) is 3. The van der Waals surface area contributed by atoms with Gasteiger partial charge in [-0.1, -0.05) is 53.7 Å². The number of benzene rings is 1. The van der Waals surface area contributed by atoms with Crippen LogP contribution >= 0.6 is 0 Å². The molecule has 2 aromatic rings. The van der Waals surface area contributed by atoms with Crippen molar-refractivity contribution < 1.29 is 14.0 Å². The summed E-state index contributed by atoms with van der Waals surface area (Å²) in [4.78, 5) is 26.7. The van der Waals surface area contributed by atoms with Gasteiger partial charge in [0.05, 0.1) is 0 Å². The number of carbonyl (C=O) groups excluding carboxylic acids is 2. The molecule has 0 saturated carbocycles. The van der Waals surface area contributed by atoms with E-state index in [4.69, 9.17) is 4.42 Å². The molecule has 0 spiro atoms. The van der Waals surface area contributed by atoms with Gasteiger partial charge in [0, 0.05) is 48.7 Å². The van der Waals surface area contributed by atoms with E-state index in [1.807, 2.05) is 49.1 Å². The summed E-state index contributed by atoms with van der Waals surface area (Å²) < 4.78 is 6.11. The molecule has 0 fully saturated rings. The Morgan fingerprint density at radius 2 is 1.90 bits per heavy atom. The highest BCUT2D eigenvalue weighted by atomic mass is 16.3. The molecule has 1 N–H and O–H groups in total. The zero-order valence-corrected chi connectivity index (χ0v) is 19.7. The maximum Gasteiger partial charge on any atom is 0.225 e. The quantitative estimate of drug-likeness (QED) is 0.629. The first-order valence-corrected chi connectivity index (χ1v) is 11.3. The molecule has 1 aliphatic rings. The minimum absolute atomic E-state index is 0.000619. The molecule has 0 aliphatic carbocycles. The predicted octanol–water partition coefficient (Wildman–Crippen LogP) is 5.89. The third kappa shape index (κ3) is 6.22. The third-order valence-corrected chi connectivity index (χ3v) is 5.60. The Kier molecular flexibility index (Phi) is 6.93. The van der Waals surface area contributed by atoms with E-state index in [1.165, 1.54) is 0 Å². The van der Waals surface area contributed by atoms with E-state index in [-0.39, 0.29) is 23.1 Å². The molecule has 0 saturated heterocycles. The van der Waals surface area contributed by atoms with E-state index >= 15 is 0 Å². The van der Waals surface area contributed by atoms with E-state index in [1.54, 1.807) is 0 Å². The molecule has 3 rings (SSSR count). The number of furan rings is 1. The normalized spacial score (nSPS) is 15.0. The van der Waals surface area contributed by atoms with Crippen molar-refractivity contribution >= 4 is 17.5 Å². The summed E-state index contributed by atoms with van der Waals surface area (Å²) in [6.07, 6.45) is 2.25. The van der Waals surface area contributed by atoms with Crippen LogP contribution in [0.5, 0.6) is 0 Å². The summed E-state index contributed by atoms with van der Waals surface area (Å²) in [5.41, 5.74) is 2.99. The monoisotopic (exact) mass is 424 g/mol. The zero-order chi connectivity index (χ0) is 22.8. The Morgan fingerprint density at radius 1 is 1.16 bits per heavy atom. The predicted molar refractivity (Wildman–Crippen MR) is 125 cm³/mol. The Bertz CT molecular complexity index is 936. The molecule has 2 amide bonds. The summed E-state index contributed by atoms with van der Waals surface area (Å²) in [5.74, 6) is 2.28. The Balaban J connectivity index is 1.67. The smallest absolute Gasteiger partial charge is 0.225 e. The van der Waals surface area contributed by atoms with Crippen LogP contribution in [0.3, 0.4) is 0 Å². The molecule has 0 unspecified atom stereocenters. The molecular formula is C26H36N2O3. The standard InChI is InChI=1S/C26H36N2O3/c1-17(2)25(30)28-11-10-22-20(16-28)14-23(31-22)19-8-7-9-21(13-19)27-24(29)12-18(3)15-26(4,5)6/h7-9,13-14,17-18H,10-12,15-16H2,1-6H3,(H,27,29)/t18-/m0/s1. The van der Waals surface area contributed by atoms with Crippen LogP contribution in [0.2, 0.25) is 0 Å². The van der Waals surface area contributed by atoms with Crippen molar-refractivity contribution in [2.75, 3.05) is 11.9 Å². The van der Waals surface area contributed by atoms with Gasteiger partial charge in [-0.15, -0.1) is 0 Å². The lowest BCUT2D eigenvalue weighted by molar-refractivity contribution is -0.135. The van der Waals surface area contributed by atoms with Crippen molar-refractivity contribution in [1.29, 1.82) is 0 Å². The van der Waals surface area contributed by atoms with E-state index in [9.17, 15) is 9.59 Å². The second-order valence-corrected chi connectivity index (χ2v) is 10.4. The molecule has 2 heterocycles. The van der Waals surface area contributed by atoms with Crippen LogP contribution in [0, 0.1) is 17.3 Å². The van der Waals surface area contributed by atoms with Gasteiger partial charge >= 0.3 is 0 Å². The highest BCUT2D eigenvalue weighted by Gasteiger charge is 2.26. The second kappa shape index (κ2) is 9.29. The van der Waals surface area contributed by atoms with Crippen molar-refractivity contribution in [2.45, 2.75) is 67.3 Å². The molecule has 5 heteroatoms. The summed E-state index contributed by atoms with van der Waals surface area (Å²) in [6.45, 7) is 13.9. The van der Waals surface area contributed by atoms with Crippen molar-refractivity contribution in [1.82, 2.24) is 4.90 Å². The molecule has 1 aromatic carbocycles. The molecule has 1 aromatic heterocycles. The summed E-state index contributed by atoms with van der Waals surface area (Å²) in [6, 6.07) is 9.80. The van der Waals surface area contributed by atoms with Crippen LogP contribution in [0.1, 0.15) is 65.7 Å². The van der Waals surface area contributed by atoms with Gasteiger partial charge in [-0.25, -0.2) is 0 Å². The van der Waals surface area contributed by atoms with Gasteiger partial charge in [-0.3, -0.25) is 9.59 Å². The average Bonchev–Trinajstić information content (AvgIpc) is 3.09. The maximum atomic E-state index is 12.5. The Morgan fingerprint density at radius 3 is 2.58 bits per heavy atom.